The molecule has 7 nitrogen and oxygen atoms in total. The predicted molar refractivity (Wildman–Crippen MR) is 114 cm³/mol. The van der Waals surface area contributed by atoms with Crippen molar-refractivity contribution in [2.75, 3.05) is 39.5 Å². The van der Waals surface area contributed by atoms with Crippen LogP contribution in [0.4, 0.5) is 0 Å². The van der Waals surface area contributed by atoms with Gasteiger partial charge in [0.05, 0.1) is 17.0 Å². The van der Waals surface area contributed by atoms with Crippen molar-refractivity contribution in [3.05, 3.63) is 16.1 Å². The maximum absolute atomic E-state index is 11.5. The third kappa shape index (κ3) is 7.75. The number of hydrogen-bond acceptors (Lipinski definition) is 5. The van der Waals surface area contributed by atoms with Crippen molar-refractivity contribution in [1.29, 1.82) is 0 Å². The summed E-state index contributed by atoms with van der Waals surface area (Å²) in [6.07, 6.45) is 3.92. The minimum atomic E-state index is -3.05. The summed E-state index contributed by atoms with van der Waals surface area (Å²) in [6, 6.07) is 0. The van der Waals surface area contributed by atoms with Crippen molar-refractivity contribution >= 4 is 51.3 Å². The molecule has 2 rings (SSSR count). The maximum Gasteiger partial charge on any atom is 0.211 e. The SMILES string of the molecule is CN=C(NCCc1csc(C)n1)NCC1CCN(S(C)(=O)=O)CC1.I. The summed E-state index contributed by atoms with van der Waals surface area (Å²) in [5, 5.41) is 9.81. The molecular weight excluding hydrogens is 473 g/mol. The topological polar surface area (TPSA) is 86.7 Å². The molecule has 0 atom stereocenters. The molecule has 144 valence electrons. The molecule has 1 aromatic rings. The molecule has 25 heavy (non-hydrogen) atoms. The fraction of sp³-hybridized carbons (Fsp3) is 0.733. The van der Waals surface area contributed by atoms with Crippen LogP contribution < -0.4 is 10.6 Å². The number of rotatable bonds is 6. The van der Waals surface area contributed by atoms with Gasteiger partial charge in [0.2, 0.25) is 10.0 Å². The summed E-state index contributed by atoms with van der Waals surface area (Å²) in [5.74, 6) is 1.26. The Morgan fingerprint density at radius 3 is 2.60 bits per heavy atom. The van der Waals surface area contributed by atoms with Crippen LogP contribution in [0.3, 0.4) is 0 Å². The number of aryl methyl sites for hydroxylation is 1. The van der Waals surface area contributed by atoms with E-state index in [0.29, 0.717) is 19.0 Å². The van der Waals surface area contributed by atoms with Crippen LogP contribution in [-0.2, 0) is 16.4 Å². The van der Waals surface area contributed by atoms with E-state index in [9.17, 15) is 8.42 Å². The van der Waals surface area contributed by atoms with Crippen LogP contribution in [-0.4, -0.2) is 63.1 Å². The van der Waals surface area contributed by atoms with Gasteiger partial charge in [0, 0.05) is 45.0 Å². The highest BCUT2D eigenvalue weighted by Gasteiger charge is 2.24. The first-order valence-electron chi connectivity index (χ1n) is 8.19. The van der Waals surface area contributed by atoms with Crippen LogP contribution in [0.5, 0.6) is 0 Å². The second-order valence-electron chi connectivity index (χ2n) is 6.09. The van der Waals surface area contributed by atoms with Crippen molar-refractivity contribution in [2.45, 2.75) is 26.2 Å². The molecule has 0 aliphatic carbocycles. The van der Waals surface area contributed by atoms with Crippen LogP contribution in [0.15, 0.2) is 10.4 Å². The van der Waals surface area contributed by atoms with Gasteiger partial charge in [-0.05, 0) is 25.7 Å². The minimum Gasteiger partial charge on any atom is -0.356 e. The van der Waals surface area contributed by atoms with Gasteiger partial charge in [0.25, 0.3) is 0 Å². The maximum atomic E-state index is 11.5. The molecule has 0 spiro atoms. The zero-order valence-corrected chi connectivity index (χ0v) is 19.0. The number of aliphatic imine (C=N–C) groups is 1. The number of guanidine groups is 1. The lowest BCUT2D eigenvalue weighted by atomic mass is 9.98. The molecule has 2 N–H and O–H groups in total. The first-order valence-corrected chi connectivity index (χ1v) is 10.9. The summed E-state index contributed by atoms with van der Waals surface area (Å²) in [4.78, 5) is 8.68. The van der Waals surface area contributed by atoms with Gasteiger partial charge in [0.1, 0.15) is 0 Å². The average molecular weight is 501 g/mol. The normalized spacial score (nSPS) is 17.2. The Kier molecular flexibility index (Phi) is 9.60. The van der Waals surface area contributed by atoms with E-state index >= 15 is 0 Å². The van der Waals surface area contributed by atoms with Crippen molar-refractivity contribution in [3.63, 3.8) is 0 Å². The summed E-state index contributed by atoms with van der Waals surface area (Å²) in [5.41, 5.74) is 1.11. The van der Waals surface area contributed by atoms with E-state index in [-0.39, 0.29) is 24.0 Å². The lowest BCUT2D eigenvalue weighted by Crippen LogP contribution is -2.44. The molecule has 0 aromatic carbocycles. The van der Waals surface area contributed by atoms with E-state index in [1.165, 1.54) is 6.26 Å². The number of nitrogens with one attached hydrogen (secondary N) is 2. The summed E-state index contributed by atoms with van der Waals surface area (Å²) < 4.78 is 24.6. The highest BCUT2D eigenvalue weighted by molar-refractivity contribution is 14.0. The summed E-state index contributed by atoms with van der Waals surface area (Å²) in [6.45, 7) is 4.83. The van der Waals surface area contributed by atoms with Gasteiger partial charge in [-0.25, -0.2) is 17.7 Å². The number of sulfonamides is 1. The quantitative estimate of drug-likeness (QED) is 0.350. The molecule has 2 heterocycles. The van der Waals surface area contributed by atoms with Crippen molar-refractivity contribution < 1.29 is 8.42 Å². The van der Waals surface area contributed by atoms with E-state index in [0.717, 1.165) is 49.0 Å². The molecule has 1 aromatic heterocycles. The third-order valence-corrected chi connectivity index (χ3v) is 6.29. The minimum absolute atomic E-state index is 0. The molecule has 1 aliphatic rings. The van der Waals surface area contributed by atoms with E-state index in [1.54, 1.807) is 22.7 Å². The molecular formula is C15H28IN5O2S2. The Hall–Kier alpha value is -0.460. The molecule has 0 unspecified atom stereocenters. The number of hydrogen-bond donors (Lipinski definition) is 2. The zero-order chi connectivity index (χ0) is 17.6. The number of piperidine rings is 1. The number of halogens is 1. The number of nitrogens with zero attached hydrogens (tertiary/aromatic N) is 3. The van der Waals surface area contributed by atoms with Crippen LogP contribution in [0.25, 0.3) is 0 Å². The average Bonchev–Trinajstić information content (AvgIpc) is 2.95. The molecule has 0 bridgehead atoms. The smallest absolute Gasteiger partial charge is 0.211 e. The summed E-state index contributed by atoms with van der Waals surface area (Å²) >= 11 is 1.67. The van der Waals surface area contributed by atoms with E-state index < -0.39 is 10.0 Å². The van der Waals surface area contributed by atoms with Crippen molar-refractivity contribution in [2.24, 2.45) is 10.9 Å². The van der Waals surface area contributed by atoms with Gasteiger partial charge in [-0.1, -0.05) is 0 Å². The Balaban J connectivity index is 0.00000312. The molecule has 1 aliphatic heterocycles. The molecule has 0 amide bonds. The van der Waals surface area contributed by atoms with Gasteiger partial charge in [0.15, 0.2) is 5.96 Å². The zero-order valence-electron chi connectivity index (χ0n) is 15.0. The fourth-order valence-electron chi connectivity index (χ4n) is 2.74. The van der Waals surface area contributed by atoms with E-state index in [1.807, 2.05) is 6.92 Å². The van der Waals surface area contributed by atoms with Gasteiger partial charge in [-0.2, -0.15) is 0 Å². The van der Waals surface area contributed by atoms with Crippen LogP contribution in [0.1, 0.15) is 23.5 Å². The Bertz CT molecular complexity index is 655. The lowest BCUT2D eigenvalue weighted by Gasteiger charge is -2.30. The van der Waals surface area contributed by atoms with Crippen molar-refractivity contribution in [3.8, 4) is 0 Å². The molecule has 0 radical (unpaired) electrons. The Labute approximate surface area is 171 Å². The molecule has 1 saturated heterocycles. The molecule has 1 fully saturated rings. The Morgan fingerprint density at radius 1 is 1.40 bits per heavy atom. The highest BCUT2D eigenvalue weighted by atomic mass is 127. The molecule has 0 saturated carbocycles. The second-order valence-corrected chi connectivity index (χ2v) is 9.14. The lowest BCUT2D eigenvalue weighted by molar-refractivity contribution is 0.275. The monoisotopic (exact) mass is 501 g/mol. The largest absolute Gasteiger partial charge is 0.356 e. The van der Waals surface area contributed by atoms with Crippen LogP contribution in [0, 0.1) is 12.8 Å². The molecule has 10 heteroatoms. The van der Waals surface area contributed by atoms with Gasteiger partial charge < -0.3 is 10.6 Å². The highest BCUT2D eigenvalue weighted by Crippen LogP contribution is 2.18. The first-order chi connectivity index (χ1) is 11.4. The predicted octanol–water partition coefficient (Wildman–Crippen LogP) is 1.45. The summed E-state index contributed by atoms with van der Waals surface area (Å²) in [7, 11) is -1.29. The van der Waals surface area contributed by atoms with Crippen molar-refractivity contribution in [1.82, 2.24) is 19.9 Å². The second kappa shape index (κ2) is 10.6. The first kappa shape index (κ1) is 22.6. The standard InChI is InChI=1S/C15H27N5O2S2.HI/c1-12-19-14(11-23-12)4-7-17-15(16-2)18-10-13-5-8-20(9-6-13)24(3,21)22;/h11,13H,4-10H2,1-3H3,(H2,16,17,18);1H. The van der Waals surface area contributed by atoms with Crippen LogP contribution in [0.2, 0.25) is 0 Å². The van der Waals surface area contributed by atoms with E-state index in [4.69, 9.17) is 0 Å². The van der Waals surface area contributed by atoms with Gasteiger partial charge in [-0.3, -0.25) is 4.99 Å². The number of aromatic nitrogens is 1. The number of thiazole rings is 1. The van der Waals surface area contributed by atoms with E-state index in [2.05, 4.69) is 26.0 Å². The Morgan fingerprint density at radius 2 is 2.08 bits per heavy atom. The third-order valence-electron chi connectivity index (χ3n) is 4.16. The van der Waals surface area contributed by atoms with Gasteiger partial charge in [-0.15, -0.1) is 35.3 Å². The van der Waals surface area contributed by atoms with Gasteiger partial charge >= 0.3 is 0 Å². The fourth-order valence-corrected chi connectivity index (χ4v) is 4.26. The van der Waals surface area contributed by atoms with Crippen LogP contribution >= 0.6 is 35.3 Å².